The topological polar surface area (TPSA) is 12.0 Å². The van der Waals surface area contributed by atoms with E-state index in [2.05, 4.69) is 74.4 Å². The molecule has 21 heavy (non-hydrogen) atoms. The van der Waals surface area contributed by atoms with Crippen molar-refractivity contribution in [2.75, 3.05) is 6.54 Å². The Morgan fingerprint density at radius 2 is 1.81 bits per heavy atom. The van der Waals surface area contributed by atoms with Crippen LogP contribution >= 0.6 is 43.5 Å². The van der Waals surface area contributed by atoms with Gasteiger partial charge in [-0.05, 0) is 64.6 Å². The van der Waals surface area contributed by atoms with E-state index in [4.69, 9.17) is 11.6 Å². The van der Waals surface area contributed by atoms with E-state index in [1.165, 1.54) is 5.56 Å². The molecule has 0 bridgehead atoms. The minimum absolute atomic E-state index is 0.219. The number of hydrogen-bond acceptors (Lipinski definition) is 1. The van der Waals surface area contributed by atoms with E-state index >= 15 is 0 Å². The monoisotopic (exact) mass is 429 g/mol. The number of hydrogen-bond donors (Lipinski definition) is 1. The van der Waals surface area contributed by atoms with E-state index < -0.39 is 0 Å². The molecule has 0 amide bonds. The molecule has 0 aromatic heterocycles. The first-order valence-corrected chi connectivity index (χ1v) is 9.00. The van der Waals surface area contributed by atoms with Crippen LogP contribution in [0.5, 0.6) is 0 Å². The highest BCUT2D eigenvalue weighted by molar-refractivity contribution is 9.10. The summed E-state index contributed by atoms with van der Waals surface area (Å²) in [6.07, 6.45) is 2.02. The second-order valence-electron chi connectivity index (χ2n) is 4.98. The quantitative estimate of drug-likeness (QED) is 0.579. The fraction of sp³-hybridized carbons (Fsp3) is 0.294. The van der Waals surface area contributed by atoms with Crippen LogP contribution in [-0.2, 0) is 6.42 Å². The van der Waals surface area contributed by atoms with Gasteiger partial charge in [0.2, 0.25) is 0 Å². The minimum atomic E-state index is 0.219. The van der Waals surface area contributed by atoms with Gasteiger partial charge >= 0.3 is 0 Å². The molecule has 1 nitrogen and oxygen atoms in total. The van der Waals surface area contributed by atoms with Gasteiger partial charge in [-0.2, -0.15) is 0 Å². The summed E-state index contributed by atoms with van der Waals surface area (Å²) in [5.74, 6) is 0. The average molecular weight is 432 g/mol. The first-order chi connectivity index (χ1) is 10.1. The zero-order valence-corrected chi connectivity index (χ0v) is 15.8. The SMILES string of the molecule is CCCNC(Cc1ccc(Br)cc1)c1cccc(Br)c1Cl. The first kappa shape index (κ1) is 17.0. The van der Waals surface area contributed by atoms with Crippen LogP contribution in [0.2, 0.25) is 5.02 Å². The van der Waals surface area contributed by atoms with Crippen LogP contribution in [0.3, 0.4) is 0 Å². The van der Waals surface area contributed by atoms with Crippen LogP contribution in [0.15, 0.2) is 51.4 Å². The molecule has 0 aliphatic heterocycles. The van der Waals surface area contributed by atoms with Crippen molar-refractivity contribution in [1.82, 2.24) is 5.32 Å². The third kappa shape index (κ3) is 4.82. The summed E-state index contributed by atoms with van der Waals surface area (Å²) in [5.41, 5.74) is 2.44. The third-order valence-electron chi connectivity index (χ3n) is 3.35. The zero-order chi connectivity index (χ0) is 15.2. The van der Waals surface area contributed by atoms with Crippen molar-refractivity contribution in [3.8, 4) is 0 Å². The Balaban J connectivity index is 2.25. The summed E-state index contributed by atoms with van der Waals surface area (Å²) in [5, 5.41) is 4.39. The minimum Gasteiger partial charge on any atom is -0.310 e. The Morgan fingerprint density at radius 1 is 1.10 bits per heavy atom. The lowest BCUT2D eigenvalue weighted by Crippen LogP contribution is -2.24. The van der Waals surface area contributed by atoms with Gasteiger partial charge in [0, 0.05) is 15.0 Å². The van der Waals surface area contributed by atoms with Crippen LogP contribution < -0.4 is 5.32 Å². The van der Waals surface area contributed by atoms with Gasteiger partial charge in [-0.3, -0.25) is 0 Å². The summed E-state index contributed by atoms with van der Waals surface area (Å²) < 4.78 is 2.05. The van der Waals surface area contributed by atoms with Gasteiger partial charge in [0.25, 0.3) is 0 Å². The zero-order valence-electron chi connectivity index (χ0n) is 11.9. The van der Waals surface area contributed by atoms with Gasteiger partial charge in [-0.15, -0.1) is 0 Å². The third-order valence-corrected chi connectivity index (χ3v) is 5.19. The maximum absolute atomic E-state index is 6.46. The molecule has 1 atom stereocenters. The van der Waals surface area contributed by atoms with Crippen molar-refractivity contribution in [2.24, 2.45) is 0 Å². The number of nitrogens with one attached hydrogen (secondary N) is 1. The van der Waals surface area contributed by atoms with Gasteiger partial charge in [0.1, 0.15) is 0 Å². The summed E-state index contributed by atoms with van der Waals surface area (Å²) in [7, 11) is 0. The fourth-order valence-electron chi connectivity index (χ4n) is 2.26. The van der Waals surface area contributed by atoms with Gasteiger partial charge in [0.05, 0.1) is 5.02 Å². The van der Waals surface area contributed by atoms with Crippen molar-refractivity contribution in [2.45, 2.75) is 25.8 Å². The molecule has 0 spiro atoms. The van der Waals surface area contributed by atoms with Crippen LogP contribution in [0.4, 0.5) is 0 Å². The Labute approximate surface area is 148 Å². The molecule has 0 heterocycles. The lowest BCUT2D eigenvalue weighted by Gasteiger charge is -2.21. The molecule has 112 valence electrons. The summed E-state index contributed by atoms with van der Waals surface area (Å²) >= 11 is 13.5. The molecule has 1 unspecified atom stereocenters. The van der Waals surface area contributed by atoms with Gasteiger partial charge in [-0.25, -0.2) is 0 Å². The van der Waals surface area contributed by atoms with E-state index in [0.29, 0.717) is 0 Å². The second kappa shape index (κ2) is 8.33. The van der Waals surface area contributed by atoms with Crippen LogP contribution in [0, 0.1) is 0 Å². The highest BCUT2D eigenvalue weighted by Crippen LogP contribution is 2.32. The van der Waals surface area contributed by atoms with Gasteiger partial charge < -0.3 is 5.32 Å². The molecule has 0 radical (unpaired) electrons. The van der Waals surface area contributed by atoms with Crippen molar-refractivity contribution < 1.29 is 0 Å². The molecular weight excluding hydrogens is 413 g/mol. The Morgan fingerprint density at radius 3 is 2.48 bits per heavy atom. The van der Waals surface area contributed by atoms with Crippen molar-refractivity contribution in [3.05, 3.63) is 67.6 Å². The Hall–Kier alpha value is -0.350. The second-order valence-corrected chi connectivity index (χ2v) is 7.13. The lowest BCUT2D eigenvalue weighted by molar-refractivity contribution is 0.529. The van der Waals surface area contributed by atoms with Crippen molar-refractivity contribution in [1.29, 1.82) is 0 Å². The molecule has 0 fully saturated rings. The average Bonchev–Trinajstić information content (AvgIpc) is 2.48. The largest absolute Gasteiger partial charge is 0.310 e. The maximum Gasteiger partial charge on any atom is 0.0595 e. The molecular formula is C17H18Br2ClN. The van der Waals surface area contributed by atoms with E-state index in [1.807, 2.05) is 12.1 Å². The molecule has 0 aliphatic carbocycles. The van der Waals surface area contributed by atoms with Crippen LogP contribution in [0.25, 0.3) is 0 Å². The predicted octanol–water partition coefficient (Wildman–Crippen LogP) is 6.15. The van der Waals surface area contributed by atoms with Crippen LogP contribution in [-0.4, -0.2) is 6.54 Å². The molecule has 4 heteroatoms. The van der Waals surface area contributed by atoms with Crippen molar-refractivity contribution >= 4 is 43.5 Å². The Bertz CT molecular complexity index is 584. The molecule has 0 saturated carbocycles. The summed E-state index contributed by atoms with van der Waals surface area (Å²) in [6, 6.07) is 14.8. The molecule has 2 aromatic carbocycles. The highest BCUT2D eigenvalue weighted by atomic mass is 79.9. The maximum atomic E-state index is 6.46. The molecule has 0 aliphatic rings. The molecule has 1 N–H and O–H groups in total. The van der Waals surface area contributed by atoms with E-state index in [-0.39, 0.29) is 6.04 Å². The number of halogens is 3. The number of rotatable bonds is 6. The molecule has 2 rings (SSSR count). The van der Waals surface area contributed by atoms with Crippen LogP contribution in [0.1, 0.15) is 30.5 Å². The summed E-state index contributed by atoms with van der Waals surface area (Å²) in [4.78, 5) is 0. The standard InChI is InChI=1S/C17H18Br2ClN/c1-2-10-21-16(11-12-6-8-13(18)9-7-12)14-4-3-5-15(19)17(14)20/h3-9,16,21H,2,10-11H2,1H3. The van der Waals surface area contributed by atoms with E-state index in [0.717, 1.165) is 38.9 Å². The van der Waals surface area contributed by atoms with Gasteiger partial charge in [0.15, 0.2) is 0 Å². The summed E-state index contributed by atoms with van der Waals surface area (Å²) in [6.45, 7) is 3.15. The van der Waals surface area contributed by atoms with E-state index in [9.17, 15) is 0 Å². The number of benzene rings is 2. The van der Waals surface area contributed by atoms with E-state index in [1.54, 1.807) is 0 Å². The smallest absolute Gasteiger partial charge is 0.0595 e. The highest BCUT2D eigenvalue weighted by Gasteiger charge is 2.16. The predicted molar refractivity (Wildman–Crippen MR) is 98.0 cm³/mol. The lowest BCUT2D eigenvalue weighted by atomic mass is 9.98. The Kier molecular flexibility index (Phi) is 6.74. The van der Waals surface area contributed by atoms with Crippen molar-refractivity contribution in [3.63, 3.8) is 0 Å². The normalized spacial score (nSPS) is 12.4. The first-order valence-electron chi connectivity index (χ1n) is 7.03. The molecule has 2 aromatic rings. The fourth-order valence-corrected chi connectivity index (χ4v) is 3.16. The molecule has 0 saturated heterocycles. The van der Waals surface area contributed by atoms with Gasteiger partial charge in [-0.1, -0.05) is 58.7 Å².